The van der Waals surface area contributed by atoms with Crippen molar-refractivity contribution in [1.82, 2.24) is 20.4 Å². The van der Waals surface area contributed by atoms with E-state index in [-0.39, 0.29) is 43.7 Å². The third-order valence-electron chi connectivity index (χ3n) is 10.4. The summed E-state index contributed by atoms with van der Waals surface area (Å²) in [7, 11) is 2.34. The van der Waals surface area contributed by atoms with E-state index in [0.29, 0.717) is 63.2 Å². The van der Waals surface area contributed by atoms with Crippen LogP contribution in [0, 0.1) is 5.82 Å². The minimum Gasteiger partial charge on any atom is -0.453 e. The summed E-state index contributed by atoms with van der Waals surface area (Å²) in [6.45, 7) is 0.785. The summed E-state index contributed by atoms with van der Waals surface area (Å²) >= 11 is 0. The van der Waals surface area contributed by atoms with E-state index >= 15 is 0 Å². The van der Waals surface area contributed by atoms with Crippen LogP contribution in [-0.2, 0) is 41.7 Å². The van der Waals surface area contributed by atoms with Gasteiger partial charge in [0.05, 0.1) is 14.2 Å². The molecule has 0 saturated carbocycles. The number of benzene rings is 3. The highest BCUT2D eigenvalue weighted by atomic mass is 19.1. The molecule has 322 valence electrons. The molecule has 0 radical (unpaired) electrons. The van der Waals surface area contributed by atoms with Crippen molar-refractivity contribution in [2.45, 2.75) is 75.8 Å². The Balaban J connectivity index is 1.21. The molecule has 18 heteroatoms. The Morgan fingerprint density at radius 1 is 0.667 bits per heavy atom. The van der Waals surface area contributed by atoms with Crippen molar-refractivity contribution in [3.05, 3.63) is 89.7 Å². The summed E-state index contributed by atoms with van der Waals surface area (Å²) in [5.41, 5.74) is 3.56. The quantitative estimate of drug-likeness (QED) is 0.116. The van der Waals surface area contributed by atoms with Gasteiger partial charge in [0.25, 0.3) is 0 Å². The fraction of sp³-hybridized carbons (Fsp3) is 0.429. The summed E-state index contributed by atoms with van der Waals surface area (Å²) in [4.78, 5) is 81.7. The highest BCUT2D eigenvalue weighted by molar-refractivity contribution is 5.99. The van der Waals surface area contributed by atoms with Crippen molar-refractivity contribution in [3.8, 4) is 0 Å². The number of hydrogen-bond donors (Lipinski definition) is 6. The molecule has 5 rings (SSSR count). The Labute approximate surface area is 347 Å². The van der Waals surface area contributed by atoms with Crippen LogP contribution in [-0.4, -0.2) is 121 Å². The minimum absolute atomic E-state index is 0.0305. The van der Waals surface area contributed by atoms with E-state index in [0.717, 1.165) is 16.8 Å². The van der Waals surface area contributed by atoms with Gasteiger partial charge in [0.2, 0.25) is 23.6 Å². The van der Waals surface area contributed by atoms with Gasteiger partial charge < -0.3 is 55.7 Å². The molecule has 2 saturated heterocycles. The lowest BCUT2D eigenvalue weighted by molar-refractivity contribution is -0.138. The lowest BCUT2D eigenvalue weighted by Crippen LogP contribution is -2.52. The molecule has 0 bridgehead atoms. The molecule has 0 spiro atoms. The SMILES string of the molecule is COC(=O)NC(CCO)C(=O)N1CCCC1C(=O)Nc1ccc(CN(Cc2ccc(NC(=O)C3CCCN3C(=O)[C@H](CCO)NC(=O)OC)cc2)c2ccc(F)cc2)cc1. The number of nitrogens with zero attached hydrogens (tertiary/aromatic N) is 3. The van der Waals surface area contributed by atoms with Crippen LogP contribution >= 0.6 is 0 Å². The fourth-order valence-electron chi connectivity index (χ4n) is 7.35. The van der Waals surface area contributed by atoms with Gasteiger partial charge in [-0.2, -0.15) is 0 Å². The zero-order valence-electron chi connectivity index (χ0n) is 33.6. The van der Waals surface area contributed by atoms with Crippen LogP contribution in [0.15, 0.2) is 72.8 Å². The van der Waals surface area contributed by atoms with E-state index in [1.165, 1.54) is 36.2 Å². The molecule has 2 aliphatic rings. The number of aliphatic hydroxyl groups is 2. The topological polar surface area (TPSA) is 219 Å². The number of ether oxygens (including phenoxy) is 2. The minimum atomic E-state index is -1.04. The van der Waals surface area contributed by atoms with Crippen molar-refractivity contribution in [2.75, 3.05) is 56.1 Å². The molecule has 17 nitrogen and oxygen atoms in total. The number of anilines is 3. The predicted octanol–water partition coefficient (Wildman–Crippen LogP) is 3.11. The molecular formula is C42H52FN7O10. The molecule has 4 atom stereocenters. The molecule has 0 aliphatic carbocycles. The largest absolute Gasteiger partial charge is 0.453 e. The highest BCUT2D eigenvalue weighted by Gasteiger charge is 2.39. The van der Waals surface area contributed by atoms with Gasteiger partial charge in [0, 0.05) is 56.5 Å². The smallest absolute Gasteiger partial charge is 0.407 e. The number of rotatable bonds is 17. The fourth-order valence-corrected chi connectivity index (χ4v) is 7.35. The number of nitrogens with one attached hydrogen (secondary N) is 4. The van der Waals surface area contributed by atoms with Gasteiger partial charge in [-0.3, -0.25) is 19.2 Å². The third-order valence-corrected chi connectivity index (χ3v) is 10.4. The first-order valence-electron chi connectivity index (χ1n) is 19.8. The zero-order valence-corrected chi connectivity index (χ0v) is 33.6. The third kappa shape index (κ3) is 11.9. The van der Waals surface area contributed by atoms with Crippen LogP contribution in [0.1, 0.15) is 49.7 Å². The molecule has 3 aromatic carbocycles. The monoisotopic (exact) mass is 833 g/mol. The van der Waals surface area contributed by atoms with Crippen molar-refractivity contribution in [2.24, 2.45) is 0 Å². The first-order valence-corrected chi connectivity index (χ1v) is 19.8. The standard InChI is InChI=1S/C42H52FN7O10/c1-59-41(57)46-33(19-23-51)39(55)49-21-3-5-35(49)37(53)44-30-13-7-27(8-14-30)25-48(32-17-11-29(43)12-18-32)26-28-9-15-31(16-10-28)45-38(54)36-6-4-22-50(36)40(56)34(20-24-52)47-42(58)60-2/h7-18,33-36,51-52H,3-6,19-26H2,1-2H3,(H,44,53)(H,45,54)(H,46,57)(H,47,58)/t33-,34?,35?,36?/m0/s1. The van der Waals surface area contributed by atoms with E-state index in [1.807, 2.05) is 29.2 Å². The van der Waals surface area contributed by atoms with E-state index in [9.17, 15) is 43.4 Å². The number of amides is 6. The molecule has 3 unspecified atom stereocenters. The van der Waals surface area contributed by atoms with Gasteiger partial charge in [0.15, 0.2) is 0 Å². The van der Waals surface area contributed by atoms with E-state index in [4.69, 9.17) is 0 Å². The second-order valence-electron chi connectivity index (χ2n) is 14.5. The summed E-state index contributed by atoms with van der Waals surface area (Å²) in [5, 5.41) is 29.5. The van der Waals surface area contributed by atoms with E-state index in [1.54, 1.807) is 36.4 Å². The van der Waals surface area contributed by atoms with Gasteiger partial charge in [-0.25, -0.2) is 14.0 Å². The van der Waals surface area contributed by atoms with Crippen LogP contribution in [0.3, 0.4) is 0 Å². The molecule has 6 amide bonds. The average molecular weight is 834 g/mol. The molecule has 3 aromatic rings. The van der Waals surface area contributed by atoms with Gasteiger partial charge in [0.1, 0.15) is 30.0 Å². The number of carbonyl (C=O) groups is 6. The number of aliphatic hydroxyl groups excluding tert-OH is 2. The van der Waals surface area contributed by atoms with Gasteiger partial charge >= 0.3 is 12.2 Å². The average Bonchev–Trinajstić information content (AvgIpc) is 3.96. The Hall–Kier alpha value is -6.27. The summed E-state index contributed by atoms with van der Waals surface area (Å²) < 4.78 is 23.2. The first-order chi connectivity index (χ1) is 28.9. The number of likely N-dealkylation sites (tertiary alicyclic amines) is 2. The second-order valence-corrected chi connectivity index (χ2v) is 14.5. The van der Waals surface area contributed by atoms with Crippen LogP contribution in [0.5, 0.6) is 0 Å². The number of hydrogen-bond acceptors (Lipinski definition) is 11. The lowest BCUT2D eigenvalue weighted by Gasteiger charge is -2.28. The van der Waals surface area contributed by atoms with Crippen LogP contribution in [0.4, 0.5) is 31.0 Å². The number of alkyl carbamates (subject to hydrolysis) is 2. The number of halogens is 1. The normalized spacial score (nSPS) is 16.9. The predicted molar refractivity (Wildman–Crippen MR) is 218 cm³/mol. The van der Waals surface area contributed by atoms with Crippen LogP contribution < -0.4 is 26.2 Å². The molecule has 0 aromatic heterocycles. The summed E-state index contributed by atoms with van der Waals surface area (Å²) in [6.07, 6.45) is 0.369. The molecule has 2 aliphatic heterocycles. The Morgan fingerprint density at radius 3 is 1.43 bits per heavy atom. The molecule has 60 heavy (non-hydrogen) atoms. The maximum absolute atomic E-state index is 13.9. The maximum Gasteiger partial charge on any atom is 0.407 e. The summed E-state index contributed by atoms with van der Waals surface area (Å²) in [5.74, 6) is -2.09. The van der Waals surface area contributed by atoms with E-state index in [2.05, 4.69) is 30.7 Å². The molecule has 2 fully saturated rings. The second kappa shape index (κ2) is 21.7. The van der Waals surface area contributed by atoms with Gasteiger partial charge in [-0.1, -0.05) is 24.3 Å². The zero-order chi connectivity index (χ0) is 43.2. The van der Waals surface area contributed by atoms with Crippen LogP contribution in [0.2, 0.25) is 0 Å². The van der Waals surface area contributed by atoms with Crippen molar-refractivity contribution < 1.29 is 52.8 Å². The molecular weight excluding hydrogens is 781 g/mol. The maximum atomic E-state index is 13.9. The number of carbonyl (C=O) groups excluding carboxylic acids is 6. The molecule has 2 heterocycles. The molecule has 6 N–H and O–H groups in total. The first kappa shape index (κ1) is 44.8. The summed E-state index contributed by atoms with van der Waals surface area (Å²) in [6, 6.07) is 16.9. The lowest BCUT2D eigenvalue weighted by atomic mass is 10.1. The van der Waals surface area contributed by atoms with Crippen molar-refractivity contribution in [3.63, 3.8) is 0 Å². The Bertz CT molecular complexity index is 1830. The Morgan fingerprint density at radius 2 is 1.07 bits per heavy atom. The van der Waals surface area contributed by atoms with Gasteiger partial charge in [-0.15, -0.1) is 0 Å². The Kier molecular flexibility index (Phi) is 16.2. The van der Waals surface area contributed by atoms with Crippen molar-refractivity contribution in [1.29, 1.82) is 0 Å². The van der Waals surface area contributed by atoms with Gasteiger partial charge in [-0.05, 0) is 98.2 Å². The number of methoxy groups -OCH3 is 2. The van der Waals surface area contributed by atoms with Crippen LogP contribution in [0.25, 0.3) is 0 Å². The van der Waals surface area contributed by atoms with Crippen molar-refractivity contribution >= 4 is 52.9 Å². The highest BCUT2D eigenvalue weighted by Crippen LogP contribution is 2.26. The van der Waals surface area contributed by atoms with E-state index < -0.39 is 48.2 Å².